The van der Waals surface area contributed by atoms with E-state index in [0.717, 1.165) is 4.90 Å². The first kappa shape index (κ1) is 10.4. The van der Waals surface area contributed by atoms with Gasteiger partial charge in [-0.1, -0.05) is 0 Å². The molecule has 1 aliphatic heterocycles. The highest BCUT2D eigenvalue weighted by molar-refractivity contribution is 6.05. The third kappa shape index (κ3) is 1.81. The van der Waals surface area contributed by atoms with Crippen molar-refractivity contribution in [3.8, 4) is 0 Å². The second kappa shape index (κ2) is 3.80. The number of imide groups is 1. The fraction of sp³-hybridized carbons (Fsp3) is 0.300. The molecule has 1 N–H and O–H groups in total. The maximum absolute atomic E-state index is 11.9. The van der Waals surface area contributed by atoms with E-state index in [1.54, 1.807) is 13.0 Å². The maximum atomic E-state index is 11.9. The zero-order chi connectivity index (χ0) is 11.7. The van der Waals surface area contributed by atoms with E-state index in [2.05, 4.69) is 5.32 Å². The van der Waals surface area contributed by atoms with Gasteiger partial charge in [-0.2, -0.15) is 0 Å². The summed E-state index contributed by atoms with van der Waals surface area (Å²) in [6.45, 7) is 1.48. The van der Waals surface area contributed by atoms with Gasteiger partial charge in [0.1, 0.15) is 13.1 Å². The molecule has 1 saturated heterocycles. The lowest BCUT2D eigenvalue weighted by Crippen LogP contribution is -2.53. The summed E-state index contributed by atoms with van der Waals surface area (Å²) in [4.78, 5) is 35.2. The maximum Gasteiger partial charge on any atom is 0.290 e. The Kier molecular flexibility index (Phi) is 2.47. The number of amides is 3. The molecule has 1 aliphatic rings. The monoisotopic (exact) mass is 222 g/mol. The van der Waals surface area contributed by atoms with Gasteiger partial charge >= 0.3 is 0 Å². The van der Waals surface area contributed by atoms with Gasteiger partial charge in [-0.15, -0.1) is 0 Å². The minimum atomic E-state index is -0.478. The van der Waals surface area contributed by atoms with Crippen molar-refractivity contribution in [2.24, 2.45) is 0 Å². The lowest BCUT2D eigenvalue weighted by atomic mass is 10.2. The lowest BCUT2D eigenvalue weighted by Gasteiger charge is -2.24. The smallest absolute Gasteiger partial charge is 0.290 e. The van der Waals surface area contributed by atoms with Crippen LogP contribution in [-0.2, 0) is 9.59 Å². The van der Waals surface area contributed by atoms with Crippen LogP contribution in [0.1, 0.15) is 16.1 Å². The first-order chi connectivity index (χ1) is 7.58. The van der Waals surface area contributed by atoms with Crippen molar-refractivity contribution < 1.29 is 18.8 Å². The van der Waals surface area contributed by atoms with E-state index >= 15 is 0 Å². The summed E-state index contributed by atoms with van der Waals surface area (Å²) in [7, 11) is 0. The van der Waals surface area contributed by atoms with Gasteiger partial charge in [-0.3, -0.25) is 19.7 Å². The van der Waals surface area contributed by atoms with E-state index in [1.165, 1.54) is 6.26 Å². The van der Waals surface area contributed by atoms with Crippen molar-refractivity contribution in [2.45, 2.75) is 6.92 Å². The number of rotatable bonds is 1. The number of aryl methyl sites for hydroxylation is 1. The van der Waals surface area contributed by atoms with Crippen LogP contribution in [-0.4, -0.2) is 35.7 Å². The molecule has 2 heterocycles. The van der Waals surface area contributed by atoms with E-state index in [4.69, 9.17) is 4.42 Å². The summed E-state index contributed by atoms with van der Waals surface area (Å²) in [5.74, 6) is -1.23. The molecular weight excluding hydrogens is 212 g/mol. The fourth-order valence-electron chi connectivity index (χ4n) is 1.52. The van der Waals surface area contributed by atoms with Crippen LogP contribution in [0.15, 0.2) is 16.7 Å². The highest BCUT2D eigenvalue weighted by Gasteiger charge is 2.29. The Labute approximate surface area is 91.2 Å². The number of piperazine rings is 1. The SMILES string of the molecule is Cc1ccoc1C(=O)N1CC(=O)NC(=O)C1. The standard InChI is InChI=1S/C10H10N2O4/c1-6-2-3-16-9(6)10(15)12-4-7(13)11-8(14)5-12/h2-3H,4-5H2,1H3,(H,11,13,14). The van der Waals surface area contributed by atoms with Gasteiger partial charge in [0.2, 0.25) is 11.8 Å². The molecule has 0 unspecified atom stereocenters. The predicted octanol–water partition coefficient (Wildman–Crippen LogP) is -0.313. The Bertz CT molecular complexity index is 447. The van der Waals surface area contributed by atoms with Crippen molar-refractivity contribution >= 4 is 17.7 Å². The summed E-state index contributed by atoms with van der Waals surface area (Å²) < 4.78 is 5.02. The molecule has 16 heavy (non-hydrogen) atoms. The Hall–Kier alpha value is -2.11. The molecular formula is C10H10N2O4. The zero-order valence-electron chi connectivity index (χ0n) is 8.65. The van der Waals surface area contributed by atoms with Crippen molar-refractivity contribution in [3.05, 3.63) is 23.7 Å². The molecule has 0 aromatic carbocycles. The molecule has 84 valence electrons. The molecule has 0 aliphatic carbocycles. The second-order valence-corrected chi connectivity index (χ2v) is 3.57. The Morgan fingerprint density at radius 2 is 2.00 bits per heavy atom. The predicted molar refractivity (Wildman–Crippen MR) is 52.5 cm³/mol. The van der Waals surface area contributed by atoms with Crippen LogP contribution < -0.4 is 5.32 Å². The van der Waals surface area contributed by atoms with Crippen LogP contribution in [0.2, 0.25) is 0 Å². The minimum Gasteiger partial charge on any atom is -0.459 e. The number of carbonyl (C=O) groups is 3. The number of nitrogens with one attached hydrogen (secondary N) is 1. The van der Waals surface area contributed by atoms with Crippen molar-refractivity contribution in [1.29, 1.82) is 0 Å². The van der Waals surface area contributed by atoms with Crippen molar-refractivity contribution in [3.63, 3.8) is 0 Å². The quantitative estimate of drug-likeness (QED) is 0.661. The van der Waals surface area contributed by atoms with Crippen LogP contribution in [0.4, 0.5) is 0 Å². The molecule has 1 aromatic heterocycles. The Morgan fingerprint density at radius 1 is 1.38 bits per heavy atom. The van der Waals surface area contributed by atoms with Crippen molar-refractivity contribution in [2.75, 3.05) is 13.1 Å². The van der Waals surface area contributed by atoms with Gasteiger partial charge < -0.3 is 9.32 Å². The first-order valence-electron chi connectivity index (χ1n) is 4.74. The number of furan rings is 1. The average Bonchev–Trinajstić information content (AvgIpc) is 2.62. The largest absolute Gasteiger partial charge is 0.459 e. The molecule has 1 fully saturated rings. The van der Waals surface area contributed by atoms with Gasteiger partial charge in [0.15, 0.2) is 5.76 Å². The van der Waals surface area contributed by atoms with E-state index in [1.807, 2.05) is 0 Å². The molecule has 6 heteroatoms. The molecule has 6 nitrogen and oxygen atoms in total. The van der Waals surface area contributed by atoms with Crippen LogP contribution in [0.5, 0.6) is 0 Å². The summed E-state index contributed by atoms with van der Waals surface area (Å²) >= 11 is 0. The second-order valence-electron chi connectivity index (χ2n) is 3.57. The highest BCUT2D eigenvalue weighted by Crippen LogP contribution is 2.12. The van der Waals surface area contributed by atoms with E-state index in [0.29, 0.717) is 5.56 Å². The molecule has 1 aromatic rings. The molecule has 2 rings (SSSR count). The van der Waals surface area contributed by atoms with Crippen LogP contribution in [0.3, 0.4) is 0 Å². The fourth-order valence-corrected chi connectivity index (χ4v) is 1.52. The molecule has 0 radical (unpaired) electrons. The van der Waals surface area contributed by atoms with Gasteiger partial charge in [0.05, 0.1) is 6.26 Å². The number of carbonyl (C=O) groups excluding carboxylic acids is 3. The Morgan fingerprint density at radius 3 is 2.50 bits per heavy atom. The topological polar surface area (TPSA) is 79.6 Å². The summed E-state index contributed by atoms with van der Waals surface area (Å²) in [6, 6.07) is 1.65. The molecule has 3 amide bonds. The average molecular weight is 222 g/mol. The van der Waals surface area contributed by atoms with Gasteiger partial charge in [-0.25, -0.2) is 0 Å². The zero-order valence-corrected chi connectivity index (χ0v) is 8.65. The van der Waals surface area contributed by atoms with Gasteiger partial charge in [0.25, 0.3) is 5.91 Å². The normalized spacial score (nSPS) is 16.2. The van der Waals surface area contributed by atoms with Crippen LogP contribution >= 0.6 is 0 Å². The number of hydrogen-bond acceptors (Lipinski definition) is 4. The van der Waals surface area contributed by atoms with E-state index in [9.17, 15) is 14.4 Å². The minimum absolute atomic E-state index is 0.120. The number of nitrogens with zero attached hydrogens (tertiary/aromatic N) is 1. The highest BCUT2D eigenvalue weighted by atomic mass is 16.3. The first-order valence-corrected chi connectivity index (χ1v) is 4.74. The molecule has 0 atom stereocenters. The van der Waals surface area contributed by atoms with E-state index < -0.39 is 17.7 Å². The van der Waals surface area contributed by atoms with Gasteiger partial charge in [0, 0.05) is 5.56 Å². The molecule has 0 spiro atoms. The molecule has 0 bridgehead atoms. The lowest BCUT2D eigenvalue weighted by molar-refractivity contribution is -0.135. The third-order valence-corrected chi connectivity index (χ3v) is 2.29. The van der Waals surface area contributed by atoms with Gasteiger partial charge in [-0.05, 0) is 13.0 Å². The van der Waals surface area contributed by atoms with Crippen LogP contribution in [0, 0.1) is 6.92 Å². The summed E-state index contributed by atoms with van der Waals surface area (Å²) in [5.41, 5.74) is 0.684. The Balaban J connectivity index is 2.19. The molecule has 0 saturated carbocycles. The van der Waals surface area contributed by atoms with E-state index in [-0.39, 0.29) is 18.8 Å². The summed E-state index contributed by atoms with van der Waals surface area (Å²) in [5, 5.41) is 2.12. The number of hydrogen-bond donors (Lipinski definition) is 1. The van der Waals surface area contributed by atoms with Crippen LogP contribution in [0.25, 0.3) is 0 Å². The summed E-state index contributed by atoms with van der Waals surface area (Å²) in [6.07, 6.45) is 1.40. The van der Waals surface area contributed by atoms with Crippen molar-refractivity contribution in [1.82, 2.24) is 10.2 Å². The third-order valence-electron chi connectivity index (χ3n) is 2.29.